The molecule has 3 rings (SSSR count). The van der Waals surface area contributed by atoms with Crippen molar-refractivity contribution in [3.05, 3.63) is 47.4 Å². The number of amides is 2. The average molecular weight is 371 g/mol. The number of benzene rings is 1. The number of rotatable bonds is 5. The fourth-order valence-corrected chi connectivity index (χ4v) is 3.22. The van der Waals surface area contributed by atoms with Gasteiger partial charge in [-0.25, -0.2) is 4.39 Å². The third-order valence-electron chi connectivity index (χ3n) is 4.85. The molecule has 5 nitrogen and oxygen atoms in total. The van der Waals surface area contributed by atoms with Gasteiger partial charge in [-0.3, -0.25) is 9.59 Å². The lowest BCUT2D eigenvalue weighted by atomic mass is 9.92. The molecule has 1 saturated heterocycles. The second-order valence-electron chi connectivity index (χ2n) is 8.04. The Morgan fingerprint density at radius 2 is 1.96 bits per heavy atom. The Labute approximate surface area is 158 Å². The summed E-state index contributed by atoms with van der Waals surface area (Å²) in [5, 5.41) is 5.51. The first-order chi connectivity index (χ1) is 12.7. The van der Waals surface area contributed by atoms with Crippen molar-refractivity contribution in [1.29, 1.82) is 0 Å². The van der Waals surface area contributed by atoms with Crippen molar-refractivity contribution in [3.63, 3.8) is 0 Å². The van der Waals surface area contributed by atoms with Crippen molar-refractivity contribution in [3.8, 4) is 11.3 Å². The van der Waals surface area contributed by atoms with Gasteiger partial charge in [0.15, 0.2) is 0 Å². The molecule has 1 aliphatic heterocycles. The molecule has 1 aromatic carbocycles. The third kappa shape index (κ3) is 4.56. The zero-order valence-corrected chi connectivity index (χ0v) is 16.0. The zero-order valence-electron chi connectivity index (χ0n) is 16.0. The summed E-state index contributed by atoms with van der Waals surface area (Å²) in [6, 6.07) is 7.99. The van der Waals surface area contributed by atoms with E-state index < -0.39 is 6.04 Å². The number of aromatic nitrogens is 1. The fraction of sp³-hybridized carbons (Fsp3) is 0.429. The van der Waals surface area contributed by atoms with Crippen LogP contribution >= 0.6 is 0 Å². The number of aromatic amines is 1. The average Bonchev–Trinajstić information content (AvgIpc) is 3.20. The summed E-state index contributed by atoms with van der Waals surface area (Å²) in [5.74, 6) is -0.537. The van der Waals surface area contributed by atoms with E-state index in [1.165, 1.54) is 12.1 Å². The molecule has 2 heterocycles. The van der Waals surface area contributed by atoms with Crippen LogP contribution in [0, 0.1) is 5.82 Å². The molecule has 0 radical (unpaired) electrons. The molecule has 144 valence electrons. The monoisotopic (exact) mass is 371 g/mol. The van der Waals surface area contributed by atoms with E-state index in [4.69, 9.17) is 0 Å². The van der Waals surface area contributed by atoms with Crippen LogP contribution in [0.2, 0.25) is 0 Å². The van der Waals surface area contributed by atoms with Gasteiger partial charge >= 0.3 is 0 Å². The van der Waals surface area contributed by atoms with Gasteiger partial charge in [-0.05, 0) is 54.3 Å². The highest BCUT2D eigenvalue weighted by Gasteiger charge is 2.26. The molecule has 1 fully saturated rings. The third-order valence-corrected chi connectivity index (χ3v) is 4.85. The Balaban J connectivity index is 1.76. The van der Waals surface area contributed by atoms with Crippen LogP contribution in [0.1, 0.15) is 44.9 Å². The summed E-state index contributed by atoms with van der Waals surface area (Å²) >= 11 is 0. The molecule has 1 aliphatic rings. The van der Waals surface area contributed by atoms with Gasteiger partial charge in [0.2, 0.25) is 11.8 Å². The maximum atomic E-state index is 13.3. The van der Waals surface area contributed by atoms with Crippen molar-refractivity contribution < 1.29 is 14.0 Å². The summed E-state index contributed by atoms with van der Waals surface area (Å²) in [6.45, 7) is 6.94. The van der Waals surface area contributed by atoms with Crippen molar-refractivity contribution in [2.24, 2.45) is 0 Å². The number of hydrogen-bond acceptors (Lipinski definition) is 2. The van der Waals surface area contributed by atoms with E-state index in [2.05, 4.69) is 42.5 Å². The predicted molar refractivity (Wildman–Crippen MR) is 103 cm³/mol. The van der Waals surface area contributed by atoms with Crippen molar-refractivity contribution in [1.82, 2.24) is 15.6 Å². The Morgan fingerprint density at radius 1 is 1.26 bits per heavy atom. The zero-order chi connectivity index (χ0) is 19.6. The van der Waals surface area contributed by atoms with Crippen LogP contribution in [0.5, 0.6) is 0 Å². The molecule has 0 spiro atoms. The molecule has 27 heavy (non-hydrogen) atoms. The molecule has 0 aliphatic carbocycles. The number of nitrogens with one attached hydrogen (secondary N) is 3. The van der Waals surface area contributed by atoms with Crippen LogP contribution in [0.4, 0.5) is 4.39 Å². The molecule has 2 amide bonds. The molecule has 1 atom stereocenters. The lowest BCUT2D eigenvalue weighted by molar-refractivity contribution is -0.127. The SMILES string of the molecule is CC(C)(C)c1cc(CCC(=O)NC2CCNC2=O)c(-c2ccc(F)cc2)[nH]1. The normalized spacial score (nSPS) is 17.0. The van der Waals surface area contributed by atoms with Crippen LogP contribution in [-0.4, -0.2) is 29.4 Å². The van der Waals surface area contributed by atoms with E-state index in [0.717, 1.165) is 22.5 Å². The van der Waals surface area contributed by atoms with Gasteiger partial charge in [0.05, 0.1) is 0 Å². The van der Waals surface area contributed by atoms with E-state index in [9.17, 15) is 14.0 Å². The molecule has 6 heteroatoms. The van der Waals surface area contributed by atoms with Gasteiger partial charge in [0, 0.05) is 29.8 Å². The summed E-state index contributed by atoms with van der Waals surface area (Å²) in [6.07, 6.45) is 1.46. The topological polar surface area (TPSA) is 74.0 Å². The molecule has 3 N–H and O–H groups in total. The van der Waals surface area contributed by atoms with Gasteiger partial charge in [0.1, 0.15) is 11.9 Å². The number of carbonyl (C=O) groups is 2. The van der Waals surface area contributed by atoms with E-state index >= 15 is 0 Å². The highest BCUT2D eigenvalue weighted by Crippen LogP contribution is 2.30. The summed E-state index contributed by atoms with van der Waals surface area (Å²) < 4.78 is 13.3. The first kappa shape index (κ1) is 19.1. The first-order valence-electron chi connectivity index (χ1n) is 9.29. The minimum absolute atomic E-state index is 0.0722. The number of aryl methyl sites for hydroxylation is 1. The van der Waals surface area contributed by atoms with Crippen LogP contribution in [0.3, 0.4) is 0 Å². The van der Waals surface area contributed by atoms with Crippen molar-refractivity contribution in [2.75, 3.05) is 6.54 Å². The van der Waals surface area contributed by atoms with E-state index in [1.54, 1.807) is 12.1 Å². The second-order valence-corrected chi connectivity index (χ2v) is 8.04. The lowest BCUT2D eigenvalue weighted by Crippen LogP contribution is -2.40. The Bertz CT molecular complexity index is 834. The van der Waals surface area contributed by atoms with Crippen molar-refractivity contribution in [2.45, 2.75) is 51.5 Å². The van der Waals surface area contributed by atoms with E-state index in [0.29, 0.717) is 25.8 Å². The summed E-state index contributed by atoms with van der Waals surface area (Å²) in [4.78, 5) is 27.3. The Kier molecular flexibility index (Phi) is 5.35. The summed E-state index contributed by atoms with van der Waals surface area (Å²) in [5.41, 5.74) is 3.80. The number of carbonyl (C=O) groups excluding carboxylic acids is 2. The van der Waals surface area contributed by atoms with Crippen LogP contribution in [0.15, 0.2) is 30.3 Å². The highest BCUT2D eigenvalue weighted by atomic mass is 19.1. The molecule has 0 saturated carbocycles. The van der Waals surface area contributed by atoms with Crippen LogP contribution < -0.4 is 10.6 Å². The van der Waals surface area contributed by atoms with E-state index in [-0.39, 0.29) is 23.0 Å². The van der Waals surface area contributed by atoms with Gasteiger partial charge in [-0.1, -0.05) is 20.8 Å². The maximum absolute atomic E-state index is 13.3. The van der Waals surface area contributed by atoms with Gasteiger partial charge < -0.3 is 15.6 Å². The van der Waals surface area contributed by atoms with Gasteiger partial charge in [-0.15, -0.1) is 0 Å². The van der Waals surface area contributed by atoms with Crippen LogP contribution in [-0.2, 0) is 21.4 Å². The number of H-pyrrole nitrogens is 1. The predicted octanol–water partition coefficient (Wildman–Crippen LogP) is 3.06. The fourth-order valence-electron chi connectivity index (χ4n) is 3.22. The van der Waals surface area contributed by atoms with Crippen LogP contribution in [0.25, 0.3) is 11.3 Å². The maximum Gasteiger partial charge on any atom is 0.242 e. The Hall–Kier alpha value is -2.63. The largest absolute Gasteiger partial charge is 0.358 e. The molecular formula is C21H26FN3O2. The second kappa shape index (κ2) is 7.55. The van der Waals surface area contributed by atoms with Crippen molar-refractivity contribution >= 4 is 11.8 Å². The Morgan fingerprint density at radius 3 is 2.56 bits per heavy atom. The lowest BCUT2D eigenvalue weighted by Gasteiger charge is -2.16. The van der Waals surface area contributed by atoms with Gasteiger partial charge in [0.25, 0.3) is 0 Å². The minimum atomic E-state index is -0.426. The number of halogens is 1. The molecule has 1 unspecified atom stereocenters. The standard InChI is InChI=1S/C21H26FN3O2/c1-21(2,3)17-12-14(19(25-17)13-4-7-15(22)8-5-13)6-9-18(26)24-16-10-11-23-20(16)27/h4-5,7-8,12,16,25H,6,9-11H2,1-3H3,(H,23,27)(H,24,26). The summed E-state index contributed by atoms with van der Waals surface area (Å²) in [7, 11) is 0. The van der Waals surface area contributed by atoms with E-state index in [1.807, 2.05) is 0 Å². The number of hydrogen-bond donors (Lipinski definition) is 3. The molecular weight excluding hydrogens is 345 g/mol. The molecule has 2 aromatic rings. The quantitative estimate of drug-likeness (QED) is 0.756. The minimum Gasteiger partial charge on any atom is -0.358 e. The molecule has 0 bridgehead atoms. The van der Waals surface area contributed by atoms with Gasteiger partial charge in [-0.2, -0.15) is 0 Å². The smallest absolute Gasteiger partial charge is 0.242 e. The first-order valence-corrected chi connectivity index (χ1v) is 9.29. The highest BCUT2D eigenvalue weighted by molar-refractivity contribution is 5.89. The molecule has 1 aromatic heterocycles.